The minimum absolute atomic E-state index is 0.0682. The molecule has 0 bridgehead atoms. The zero-order valence-corrected chi connectivity index (χ0v) is 44.0. The molecule has 0 aliphatic rings. The highest BCUT2D eigenvalue weighted by atomic mass is 16.6. The van der Waals surface area contributed by atoms with Crippen molar-refractivity contribution >= 4 is 17.9 Å². The highest BCUT2D eigenvalue weighted by molar-refractivity contribution is 5.71. The third kappa shape index (κ3) is 53.0. The van der Waals surface area contributed by atoms with E-state index in [1.165, 1.54) is 225 Å². The summed E-state index contributed by atoms with van der Waals surface area (Å²) >= 11 is 0. The topological polar surface area (TPSA) is 78.9 Å². The second-order valence-corrected chi connectivity index (χ2v) is 19.9. The summed E-state index contributed by atoms with van der Waals surface area (Å²) in [6, 6.07) is 0. The molecule has 1 unspecified atom stereocenters. The van der Waals surface area contributed by atoms with E-state index in [9.17, 15) is 14.4 Å². The van der Waals surface area contributed by atoms with Gasteiger partial charge in [-0.25, -0.2) is 0 Å². The lowest BCUT2D eigenvalue weighted by Gasteiger charge is -2.18. The van der Waals surface area contributed by atoms with E-state index in [0.29, 0.717) is 19.3 Å². The van der Waals surface area contributed by atoms with Crippen LogP contribution >= 0.6 is 0 Å². The van der Waals surface area contributed by atoms with Gasteiger partial charge >= 0.3 is 17.9 Å². The Morgan fingerprint density at radius 3 is 0.785 bits per heavy atom. The van der Waals surface area contributed by atoms with Crippen LogP contribution in [0.25, 0.3) is 0 Å². The van der Waals surface area contributed by atoms with Crippen molar-refractivity contribution in [3.8, 4) is 0 Å². The lowest BCUT2D eigenvalue weighted by atomic mass is 10.0. The third-order valence-corrected chi connectivity index (χ3v) is 13.3. The predicted octanol–water partition coefficient (Wildman–Crippen LogP) is 19.3. The van der Waals surface area contributed by atoms with Crippen LogP contribution in [0.3, 0.4) is 0 Å². The van der Waals surface area contributed by atoms with Gasteiger partial charge in [0.25, 0.3) is 0 Å². The molecule has 0 N–H and O–H groups in total. The molecular weight excluding hydrogens is 805 g/mol. The van der Waals surface area contributed by atoms with Crippen molar-refractivity contribution in [1.29, 1.82) is 0 Å². The summed E-state index contributed by atoms with van der Waals surface area (Å²) in [5.41, 5.74) is 0. The first-order chi connectivity index (χ1) is 32.0. The first-order valence-corrected chi connectivity index (χ1v) is 29.2. The van der Waals surface area contributed by atoms with Crippen LogP contribution in [-0.4, -0.2) is 37.2 Å². The largest absolute Gasteiger partial charge is 0.462 e. The number of hydrogen-bond donors (Lipinski definition) is 0. The summed E-state index contributed by atoms with van der Waals surface area (Å²) in [5, 5.41) is 0. The van der Waals surface area contributed by atoms with Gasteiger partial charge in [-0.1, -0.05) is 277 Å². The van der Waals surface area contributed by atoms with Crippen LogP contribution in [0.2, 0.25) is 0 Å². The zero-order valence-electron chi connectivity index (χ0n) is 44.0. The predicted molar refractivity (Wildman–Crippen MR) is 280 cm³/mol. The lowest BCUT2D eigenvalue weighted by molar-refractivity contribution is -0.167. The summed E-state index contributed by atoms with van der Waals surface area (Å²) in [6.07, 6.45) is 62.4. The Morgan fingerprint density at radius 1 is 0.292 bits per heavy atom. The van der Waals surface area contributed by atoms with Crippen molar-refractivity contribution in [1.82, 2.24) is 0 Å². The molecule has 384 valence electrons. The Labute approximate surface area is 405 Å². The molecule has 0 radical (unpaired) electrons. The van der Waals surface area contributed by atoms with Gasteiger partial charge in [-0.05, 0) is 44.9 Å². The minimum Gasteiger partial charge on any atom is -0.462 e. The van der Waals surface area contributed by atoms with Gasteiger partial charge in [0.1, 0.15) is 13.2 Å². The number of allylic oxidation sites excluding steroid dienone is 2. The van der Waals surface area contributed by atoms with E-state index in [1.54, 1.807) is 0 Å². The van der Waals surface area contributed by atoms with Gasteiger partial charge in [-0.2, -0.15) is 0 Å². The van der Waals surface area contributed by atoms with Crippen molar-refractivity contribution in [3.05, 3.63) is 12.2 Å². The Balaban J connectivity index is 4.06. The maximum absolute atomic E-state index is 12.8. The summed E-state index contributed by atoms with van der Waals surface area (Å²) < 4.78 is 16.8. The van der Waals surface area contributed by atoms with Crippen LogP contribution in [0.1, 0.15) is 329 Å². The molecule has 6 nitrogen and oxygen atoms in total. The Morgan fingerprint density at radius 2 is 0.508 bits per heavy atom. The van der Waals surface area contributed by atoms with E-state index in [2.05, 4.69) is 32.9 Å². The van der Waals surface area contributed by atoms with Gasteiger partial charge in [0.2, 0.25) is 0 Å². The number of unbranched alkanes of at least 4 members (excludes halogenated alkanes) is 41. The Bertz CT molecular complexity index is 1010. The van der Waals surface area contributed by atoms with Gasteiger partial charge in [0.15, 0.2) is 6.10 Å². The highest BCUT2D eigenvalue weighted by Crippen LogP contribution is 2.17. The third-order valence-electron chi connectivity index (χ3n) is 13.3. The first-order valence-electron chi connectivity index (χ1n) is 29.2. The fourth-order valence-electron chi connectivity index (χ4n) is 8.85. The van der Waals surface area contributed by atoms with E-state index < -0.39 is 6.10 Å². The molecule has 0 aromatic rings. The van der Waals surface area contributed by atoms with Crippen molar-refractivity contribution in [2.45, 2.75) is 335 Å². The van der Waals surface area contributed by atoms with Crippen LogP contribution < -0.4 is 0 Å². The van der Waals surface area contributed by atoms with Crippen LogP contribution in [0.15, 0.2) is 12.2 Å². The van der Waals surface area contributed by atoms with Gasteiger partial charge < -0.3 is 14.2 Å². The Kier molecular flexibility index (Phi) is 53.2. The second kappa shape index (κ2) is 54.8. The van der Waals surface area contributed by atoms with E-state index >= 15 is 0 Å². The monoisotopic (exact) mass is 917 g/mol. The Hall–Kier alpha value is -1.85. The summed E-state index contributed by atoms with van der Waals surface area (Å²) in [7, 11) is 0. The fourth-order valence-corrected chi connectivity index (χ4v) is 8.85. The van der Waals surface area contributed by atoms with Crippen LogP contribution in [0.5, 0.6) is 0 Å². The second-order valence-electron chi connectivity index (χ2n) is 19.9. The first kappa shape index (κ1) is 63.1. The van der Waals surface area contributed by atoms with Crippen LogP contribution in [-0.2, 0) is 28.6 Å². The smallest absolute Gasteiger partial charge is 0.306 e. The number of ether oxygens (including phenoxy) is 3. The highest BCUT2D eigenvalue weighted by Gasteiger charge is 2.19. The molecule has 0 aliphatic carbocycles. The minimum atomic E-state index is -0.767. The molecule has 0 fully saturated rings. The van der Waals surface area contributed by atoms with E-state index in [-0.39, 0.29) is 31.1 Å². The number of carbonyl (C=O) groups is 3. The molecule has 0 aliphatic heterocycles. The summed E-state index contributed by atoms with van der Waals surface area (Å²) in [6.45, 7) is 6.64. The molecule has 0 aromatic carbocycles. The normalized spacial score (nSPS) is 12.0. The van der Waals surface area contributed by atoms with Crippen molar-refractivity contribution < 1.29 is 28.6 Å². The van der Waals surface area contributed by atoms with Crippen LogP contribution in [0, 0.1) is 0 Å². The molecular formula is C59H112O6. The van der Waals surface area contributed by atoms with Crippen LogP contribution in [0.4, 0.5) is 0 Å². The van der Waals surface area contributed by atoms with Gasteiger partial charge in [0.05, 0.1) is 0 Å². The molecule has 0 saturated heterocycles. The lowest BCUT2D eigenvalue weighted by Crippen LogP contribution is -2.30. The van der Waals surface area contributed by atoms with E-state index in [4.69, 9.17) is 14.2 Å². The maximum Gasteiger partial charge on any atom is 0.306 e. The van der Waals surface area contributed by atoms with E-state index in [1.807, 2.05) is 0 Å². The fraction of sp³-hybridized carbons (Fsp3) is 0.915. The molecule has 1 atom stereocenters. The molecule has 0 heterocycles. The molecule has 6 heteroatoms. The number of carbonyl (C=O) groups excluding carboxylic acids is 3. The standard InChI is InChI=1S/C59H112O6/c1-4-7-10-13-16-19-21-23-24-25-26-27-28-29-30-31-32-33-34-35-37-38-40-43-46-49-52-58(61)64-55-56(54-63-57(60)51-48-45-42-18-15-12-9-6-3)65-59(62)53-50-47-44-41-39-36-22-20-17-14-11-8-5-2/h20,22,56H,4-19,21,23-55H2,1-3H3/b22-20-. The van der Waals surface area contributed by atoms with Crippen molar-refractivity contribution in [2.24, 2.45) is 0 Å². The number of hydrogen-bond acceptors (Lipinski definition) is 6. The van der Waals surface area contributed by atoms with Gasteiger partial charge in [-0.3, -0.25) is 14.4 Å². The van der Waals surface area contributed by atoms with Gasteiger partial charge in [0, 0.05) is 19.3 Å². The molecule has 0 aromatic heterocycles. The quantitative estimate of drug-likeness (QED) is 0.0262. The molecule has 65 heavy (non-hydrogen) atoms. The zero-order chi connectivity index (χ0) is 47.2. The van der Waals surface area contributed by atoms with Crippen molar-refractivity contribution in [3.63, 3.8) is 0 Å². The molecule has 0 rings (SSSR count). The molecule has 0 spiro atoms. The average molecular weight is 918 g/mol. The number of esters is 3. The summed E-state index contributed by atoms with van der Waals surface area (Å²) in [4.78, 5) is 37.9. The average Bonchev–Trinajstić information content (AvgIpc) is 3.30. The van der Waals surface area contributed by atoms with Crippen molar-refractivity contribution in [2.75, 3.05) is 13.2 Å². The SMILES string of the molecule is CCCCCC/C=C\CCCCCCCC(=O)OC(COC(=O)CCCCCCCCCC)COC(=O)CCCCCCCCCCCCCCCCCCCCCCCCCCCC. The van der Waals surface area contributed by atoms with E-state index in [0.717, 1.165) is 64.2 Å². The number of rotatable bonds is 54. The molecule has 0 saturated carbocycles. The van der Waals surface area contributed by atoms with Gasteiger partial charge in [-0.15, -0.1) is 0 Å². The summed E-state index contributed by atoms with van der Waals surface area (Å²) in [5.74, 6) is -0.862. The molecule has 0 amide bonds. The maximum atomic E-state index is 12.8.